The molecule has 0 saturated carbocycles. The number of carboxylic acids is 1. The van der Waals surface area contributed by atoms with Gasteiger partial charge in [0.15, 0.2) is 0 Å². The van der Waals surface area contributed by atoms with Crippen LogP contribution in [0, 0.1) is 0 Å². The molecule has 0 aromatic rings. The quantitative estimate of drug-likeness (QED) is 0.511. The lowest BCUT2D eigenvalue weighted by molar-refractivity contribution is -0.307. The van der Waals surface area contributed by atoms with Crippen LogP contribution in [0.5, 0.6) is 0 Å². The second-order valence-electron chi connectivity index (χ2n) is 2.43. The molecule has 0 heterocycles. The van der Waals surface area contributed by atoms with Crippen LogP contribution < -0.4 is 5.11 Å². The lowest BCUT2D eigenvalue weighted by Gasteiger charge is -2.15. The third-order valence-corrected chi connectivity index (χ3v) is 1.21. The van der Waals surface area contributed by atoms with Crippen molar-refractivity contribution >= 4 is 17.9 Å². The standard InChI is InChI=1S/C8H12O6/c1-3-13-8(12)6(4-7(10)11)14-5(2)9/h6H,3-4H2,1-2H3,(H,10,11)/p-1. The minimum atomic E-state index is -1.48. The minimum absolute atomic E-state index is 0.0870. The van der Waals surface area contributed by atoms with Gasteiger partial charge in [0.05, 0.1) is 6.61 Å². The van der Waals surface area contributed by atoms with Crippen molar-refractivity contribution in [3.8, 4) is 0 Å². The average molecular weight is 203 g/mol. The highest BCUT2D eigenvalue weighted by atomic mass is 16.6. The second-order valence-corrected chi connectivity index (χ2v) is 2.43. The van der Waals surface area contributed by atoms with E-state index in [-0.39, 0.29) is 6.61 Å². The number of aliphatic carboxylic acids is 1. The molecular formula is C8H11O6-. The van der Waals surface area contributed by atoms with Gasteiger partial charge in [-0.3, -0.25) is 4.79 Å². The lowest BCUT2D eigenvalue weighted by atomic mass is 10.2. The number of hydrogen-bond acceptors (Lipinski definition) is 6. The first-order valence-electron chi connectivity index (χ1n) is 4.01. The summed E-state index contributed by atoms with van der Waals surface area (Å²) >= 11 is 0. The molecule has 14 heavy (non-hydrogen) atoms. The molecule has 0 fully saturated rings. The van der Waals surface area contributed by atoms with Crippen LogP contribution in [0.25, 0.3) is 0 Å². The summed E-state index contributed by atoms with van der Waals surface area (Å²) in [5.41, 5.74) is 0. The fourth-order valence-corrected chi connectivity index (χ4v) is 0.760. The van der Waals surface area contributed by atoms with Gasteiger partial charge in [-0.2, -0.15) is 0 Å². The van der Waals surface area contributed by atoms with Gasteiger partial charge in [-0.1, -0.05) is 0 Å². The van der Waals surface area contributed by atoms with E-state index in [4.69, 9.17) is 0 Å². The summed E-state index contributed by atoms with van der Waals surface area (Å²) in [6, 6.07) is 0. The molecule has 0 spiro atoms. The highest BCUT2D eigenvalue weighted by Crippen LogP contribution is 2.01. The van der Waals surface area contributed by atoms with Gasteiger partial charge in [-0.15, -0.1) is 0 Å². The van der Waals surface area contributed by atoms with E-state index in [1.807, 2.05) is 0 Å². The van der Waals surface area contributed by atoms with Gasteiger partial charge in [0.1, 0.15) is 0 Å². The van der Waals surface area contributed by atoms with E-state index in [1.54, 1.807) is 6.92 Å². The van der Waals surface area contributed by atoms with Crippen molar-refractivity contribution in [2.24, 2.45) is 0 Å². The van der Waals surface area contributed by atoms with Gasteiger partial charge in [0.25, 0.3) is 0 Å². The number of carbonyl (C=O) groups is 3. The van der Waals surface area contributed by atoms with Gasteiger partial charge in [0, 0.05) is 19.3 Å². The number of esters is 2. The summed E-state index contributed by atoms with van der Waals surface area (Å²) < 4.78 is 8.94. The Morgan fingerprint density at radius 3 is 2.29 bits per heavy atom. The van der Waals surface area contributed by atoms with Crippen LogP contribution in [0.1, 0.15) is 20.3 Å². The highest BCUT2D eigenvalue weighted by Gasteiger charge is 2.22. The molecule has 0 rings (SSSR count). The molecule has 6 heteroatoms. The third-order valence-electron chi connectivity index (χ3n) is 1.21. The molecule has 6 nitrogen and oxygen atoms in total. The van der Waals surface area contributed by atoms with Crippen LogP contribution in [-0.2, 0) is 23.9 Å². The van der Waals surface area contributed by atoms with Crippen molar-refractivity contribution in [2.45, 2.75) is 26.4 Å². The predicted octanol–water partition coefficient (Wildman–Crippen LogP) is -1.38. The molecule has 80 valence electrons. The molecule has 0 saturated heterocycles. The summed E-state index contributed by atoms with van der Waals surface area (Å²) in [6.07, 6.45) is -2.12. The smallest absolute Gasteiger partial charge is 0.347 e. The van der Waals surface area contributed by atoms with E-state index >= 15 is 0 Å². The van der Waals surface area contributed by atoms with Crippen molar-refractivity contribution in [3.05, 3.63) is 0 Å². The monoisotopic (exact) mass is 203 g/mol. The van der Waals surface area contributed by atoms with Gasteiger partial charge in [0.2, 0.25) is 6.10 Å². The Morgan fingerprint density at radius 2 is 1.93 bits per heavy atom. The van der Waals surface area contributed by atoms with Gasteiger partial charge < -0.3 is 19.4 Å². The largest absolute Gasteiger partial charge is 0.550 e. The zero-order valence-corrected chi connectivity index (χ0v) is 7.94. The van der Waals surface area contributed by atoms with E-state index in [9.17, 15) is 19.5 Å². The number of hydrogen-bond donors (Lipinski definition) is 0. The Morgan fingerprint density at radius 1 is 1.36 bits per heavy atom. The Labute approximate surface area is 80.8 Å². The molecule has 1 unspecified atom stereocenters. The molecule has 0 aliphatic rings. The Kier molecular flexibility index (Phi) is 5.28. The Hall–Kier alpha value is -1.59. The summed E-state index contributed by atoms with van der Waals surface area (Å²) in [6.45, 7) is 2.72. The maximum atomic E-state index is 11.0. The minimum Gasteiger partial charge on any atom is -0.550 e. The van der Waals surface area contributed by atoms with Crippen molar-refractivity contribution in [3.63, 3.8) is 0 Å². The molecular weight excluding hydrogens is 192 g/mol. The average Bonchev–Trinajstić information content (AvgIpc) is 2.01. The first-order chi connectivity index (χ1) is 6.47. The van der Waals surface area contributed by atoms with E-state index < -0.39 is 30.4 Å². The zero-order valence-electron chi connectivity index (χ0n) is 7.94. The fourth-order valence-electron chi connectivity index (χ4n) is 0.760. The Bertz CT molecular complexity index is 218. The summed E-state index contributed by atoms with van der Waals surface area (Å²) in [4.78, 5) is 31.7. The number of ether oxygens (including phenoxy) is 2. The number of rotatable bonds is 5. The third kappa shape index (κ3) is 5.13. The summed E-state index contributed by atoms with van der Waals surface area (Å²) in [7, 11) is 0. The molecule has 0 radical (unpaired) electrons. The molecule has 0 aromatic carbocycles. The normalized spacial score (nSPS) is 11.6. The zero-order chi connectivity index (χ0) is 11.1. The van der Waals surface area contributed by atoms with E-state index in [0.29, 0.717) is 0 Å². The maximum Gasteiger partial charge on any atom is 0.347 e. The van der Waals surface area contributed by atoms with Crippen LogP contribution in [-0.4, -0.2) is 30.6 Å². The van der Waals surface area contributed by atoms with E-state index in [0.717, 1.165) is 6.92 Å². The molecule has 1 atom stereocenters. The summed E-state index contributed by atoms with van der Waals surface area (Å²) in [5.74, 6) is -3.11. The van der Waals surface area contributed by atoms with Crippen LogP contribution in [0.4, 0.5) is 0 Å². The molecule has 0 aliphatic carbocycles. The lowest BCUT2D eigenvalue weighted by Crippen LogP contribution is -2.35. The van der Waals surface area contributed by atoms with Crippen molar-refractivity contribution < 1.29 is 29.0 Å². The van der Waals surface area contributed by atoms with Crippen LogP contribution in [0.2, 0.25) is 0 Å². The first-order valence-corrected chi connectivity index (χ1v) is 4.01. The molecule has 0 amide bonds. The number of carbonyl (C=O) groups excluding carboxylic acids is 3. The SMILES string of the molecule is CCOC(=O)C(CC(=O)[O-])OC(C)=O. The second kappa shape index (κ2) is 5.95. The van der Waals surface area contributed by atoms with Gasteiger partial charge in [-0.25, -0.2) is 4.79 Å². The van der Waals surface area contributed by atoms with Crippen molar-refractivity contribution in [1.82, 2.24) is 0 Å². The van der Waals surface area contributed by atoms with Crippen molar-refractivity contribution in [2.75, 3.05) is 6.61 Å². The molecule has 0 bridgehead atoms. The predicted molar refractivity (Wildman–Crippen MR) is 41.8 cm³/mol. The van der Waals surface area contributed by atoms with Crippen molar-refractivity contribution in [1.29, 1.82) is 0 Å². The van der Waals surface area contributed by atoms with Gasteiger partial charge in [-0.05, 0) is 6.92 Å². The molecule has 0 aromatic heterocycles. The van der Waals surface area contributed by atoms with Gasteiger partial charge >= 0.3 is 11.9 Å². The number of carboxylic acid groups (broad SMARTS) is 1. The fraction of sp³-hybridized carbons (Fsp3) is 0.625. The summed E-state index contributed by atoms with van der Waals surface area (Å²) in [5, 5.41) is 10.2. The van der Waals surface area contributed by atoms with E-state index in [2.05, 4.69) is 9.47 Å². The molecule has 0 aliphatic heterocycles. The van der Waals surface area contributed by atoms with Crippen LogP contribution in [0.3, 0.4) is 0 Å². The molecule has 0 N–H and O–H groups in total. The topological polar surface area (TPSA) is 92.7 Å². The Balaban J connectivity index is 4.29. The first kappa shape index (κ1) is 12.4. The van der Waals surface area contributed by atoms with E-state index in [1.165, 1.54) is 0 Å². The van der Waals surface area contributed by atoms with Crippen LogP contribution >= 0.6 is 0 Å². The maximum absolute atomic E-state index is 11.0. The highest BCUT2D eigenvalue weighted by molar-refractivity contribution is 5.82. The van der Waals surface area contributed by atoms with Crippen LogP contribution in [0.15, 0.2) is 0 Å².